The van der Waals surface area contributed by atoms with E-state index in [9.17, 15) is 4.79 Å². The Morgan fingerprint density at radius 3 is 2.44 bits per heavy atom. The van der Waals surface area contributed by atoms with Crippen molar-refractivity contribution in [3.05, 3.63) is 60.0 Å². The minimum absolute atomic E-state index is 0.192. The van der Waals surface area contributed by atoms with E-state index < -0.39 is 0 Å². The Balaban J connectivity index is 0.000000398. The normalized spacial score (nSPS) is 22.7. The first-order valence-corrected chi connectivity index (χ1v) is 12.8. The number of anilines is 1. The lowest BCUT2D eigenvalue weighted by Gasteiger charge is -2.38. The molecule has 2 unspecified atom stereocenters. The van der Waals surface area contributed by atoms with E-state index in [1.54, 1.807) is 0 Å². The van der Waals surface area contributed by atoms with Crippen LogP contribution in [0.5, 0.6) is 0 Å². The van der Waals surface area contributed by atoms with Gasteiger partial charge < -0.3 is 9.80 Å². The molecule has 2 saturated heterocycles. The lowest BCUT2D eigenvalue weighted by molar-refractivity contribution is -0.145. The number of fused-ring (bicyclic) bond motifs is 1. The molecule has 6 nitrogen and oxygen atoms in total. The SMILES string of the molecule is CCC1(C)CCCN(CCc2nc3c(C)cc(N4CCC(C)C4)cn3n2)C1=O.c1ccccc1. The summed E-state index contributed by atoms with van der Waals surface area (Å²) >= 11 is 0. The minimum Gasteiger partial charge on any atom is -0.370 e. The molecule has 2 aromatic heterocycles. The van der Waals surface area contributed by atoms with E-state index in [0.29, 0.717) is 18.9 Å². The summed E-state index contributed by atoms with van der Waals surface area (Å²) in [6.07, 6.45) is 7.07. The van der Waals surface area contributed by atoms with Gasteiger partial charge in [0.05, 0.1) is 11.9 Å². The number of hydrogen-bond acceptors (Lipinski definition) is 4. The monoisotopic (exact) mass is 461 g/mol. The van der Waals surface area contributed by atoms with Gasteiger partial charge in [0.15, 0.2) is 11.5 Å². The first-order chi connectivity index (χ1) is 16.4. The summed E-state index contributed by atoms with van der Waals surface area (Å²) < 4.78 is 1.93. The Hall–Kier alpha value is -2.89. The number of pyridine rings is 1. The molecule has 0 aliphatic carbocycles. The molecule has 0 bridgehead atoms. The van der Waals surface area contributed by atoms with Crippen molar-refractivity contribution in [3.8, 4) is 0 Å². The van der Waals surface area contributed by atoms with Gasteiger partial charge in [0.1, 0.15) is 0 Å². The summed E-state index contributed by atoms with van der Waals surface area (Å²) in [5.74, 6) is 1.87. The molecule has 0 spiro atoms. The number of carbonyl (C=O) groups is 1. The largest absolute Gasteiger partial charge is 0.370 e. The highest BCUT2D eigenvalue weighted by molar-refractivity contribution is 5.83. The van der Waals surface area contributed by atoms with Crippen LogP contribution in [0.3, 0.4) is 0 Å². The molecule has 4 heterocycles. The summed E-state index contributed by atoms with van der Waals surface area (Å²) in [6, 6.07) is 14.2. The Bertz CT molecular complexity index is 1070. The Kier molecular flexibility index (Phi) is 7.54. The van der Waals surface area contributed by atoms with Crippen molar-refractivity contribution in [1.82, 2.24) is 19.5 Å². The Morgan fingerprint density at radius 1 is 1.12 bits per heavy atom. The van der Waals surface area contributed by atoms with Gasteiger partial charge in [-0.1, -0.05) is 57.2 Å². The first kappa shape index (κ1) is 24.2. The van der Waals surface area contributed by atoms with Gasteiger partial charge in [0.2, 0.25) is 5.91 Å². The van der Waals surface area contributed by atoms with Crippen LogP contribution in [0.4, 0.5) is 5.69 Å². The molecule has 2 aliphatic heterocycles. The van der Waals surface area contributed by atoms with Gasteiger partial charge >= 0.3 is 0 Å². The van der Waals surface area contributed by atoms with Crippen LogP contribution in [-0.4, -0.2) is 51.6 Å². The minimum atomic E-state index is -0.192. The predicted molar refractivity (Wildman–Crippen MR) is 138 cm³/mol. The number of nitrogens with zero attached hydrogens (tertiary/aromatic N) is 5. The Labute approximate surface area is 204 Å². The van der Waals surface area contributed by atoms with Crippen LogP contribution in [0.1, 0.15) is 57.8 Å². The summed E-state index contributed by atoms with van der Waals surface area (Å²) in [5, 5.41) is 4.73. The van der Waals surface area contributed by atoms with Crippen LogP contribution >= 0.6 is 0 Å². The lowest BCUT2D eigenvalue weighted by Crippen LogP contribution is -2.47. The van der Waals surface area contributed by atoms with Gasteiger partial charge in [0, 0.05) is 38.0 Å². The smallest absolute Gasteiger partial charge is 0.228 e. The second-order valence-corrected chi connectivity index (χ2v) is 10.2. The van der Waals surface area contributed by atoms with Crippen molar-refractivity contribution in [2.75, 3.05) is 31.1 Å². The molecule has 5 rings (SSSR count). The number of aromatic nitrogens is 3. The molecule has 2 atom stereocenters. The van der Waals surface area contributed by atoms with Crippen molar-refractivity contribution in [1.29, 1.82) is 0 Å². The highest BCUT2D eigenvalue weighted by Crippen LogP contribution is 2.34. The zero-order valence-corrected chi connectivity index (χ0v) is 21.2. The maximum absolute atomic E-state index is 12.8. The molecular weight excluding hydrogens is 422 g/mol. The molecule has 0 N–H and O–H groups in total. The van der Waals surface area contributed by atoms with Crippen LogP contribution < -0.4 is 4.90 Å². The molecule has 0 saturated carbocycles. The first-order valence-electron chi connectivity index (χ1n) is 12.8. The topological polar surface area (TPSA) is 53.7 Å². The van der Waals surface area contributed by atoms with Crippen LogP contribution in [0.15, 0.2) is 48.7 Å². The van der Waals surface area contributed by atoms with Crippen LogP contribution in [0.2, 0.25) is 0 Å². The molecule has 182 valence electrons. The number of likely N-dealkylation sites (tertiary alicyclic amines) is 1. The average Bonchev–Trinajstić information content (AvgIpc) is 3.48. The van der Waals surface area contributed by atoms with Crippen LogP contribution in [0.25, 0.3) is 5.65 Å². The second kappa shape index (κ2) is 10.6. The van der Waals surface area contributed by atoms with Gasteiger partial charge in [-0.15, -0.1) is 0 Å². The molecule has 0 radical (unpaired) electrons. The maximum atomic E-state index is 12.8. The molecule has 2 fully saturated rings. The van der Waals surface area contributed by atoms with E-state index in [1.165, 1.54) is 12.1 Å². The highest BCUT2D eigenvalue weighted by Gasteiger charge is 2.37. The molecule has 1 amide bonds. The summed E-state index contributed by atoms with van der Waals surface area (Å²) in [6.45, 7) is 12.4. The van der Waals surface area contributed by atoms with E-state index in [1.807, 2.05) is 45.8 Å². The van der Waals surface area contributed by atoms with E-state index in [2.05, 4.69) is 44.9 Å². The van der Waals surface area contributed by atoms with Crippen LogP contribution in [-0.2, 0) is 11.2 Å². The number of amides is 1. The third-order valence-electron chi connectivity index (χ3n) is 7.45. The maximum Gasteiger partial charge on any atom is 0.228 e. The molecular formula is C28H39N5O. The average molecular weight is 462 g/mol. The fourth-order valence-electron chi connectivity index (χ4n) is 5.04. The number of benzene rings is 1. The number of piperidine rings is 1. The standard InChI is InChI=1S/C22H33N5O.C6H6/c1-5-22(4)9-6-10-25(21(22)28)12-8-19-23-20-17(3)13-18(15-27(20)24-19)26-11-7-16(2)14-26;1-2-4-6-5-3-1/h13,15-16H,5-12,14H2,1-4H3;1-6H. The van der Waals surface area contributed by atoms with Crippen molar-refractivity contribution in [2.45, 2.75) is 59.8 Å². The third-order valence-corrected chi connectivity index (χ3v) is 7.45. The molecule has 2 aliphatic rings. The number of aryl methyl sites for hydroxylation is 1. The van der Waals surface area contributed by atoms with E-state index >= 15 is 0 Å². The van der Waals surface area contributed by atoms with Crippen molar-refractivity contribution in [2.24, 2.45) is 11.3 Å². The fraction of sp³-hybridized carbons (Fsp3) is 0.536. The van der Waals surface area contributed by atoms with Gasteiger partial charge in [-0.3, -0.25) is 4.79 Å². The van der Waals surface area contributed by atoms with Crippen molar-refractivity contribution >= 4 is 17.2 Å². The quantitative estimate of drug-likeness (QED) is 0.527. The van der Waals surface area contributed by atoms with Gasteiger partial charge in [-0.05, 0) is 50.2 Å². The van der Waals surface area contributed by atoms with Crippen LogP contribution in [0, 0.1) is 18.3 Å². The van der Waals surface area contributed by atoms with E-state index in [-0.39, 0.29) is 5.41 Å². The summed E-state index contributed by atoms with van der Waals surface area (Å²) in [7, 11) is 0. The third kappa shape index (κ3) is 5.43. The van der Waals surface area contributed by atoms with Crippen molar-refractivity contribution < 1.29 is 4.79 Å². The van der Waals surface area contributed by atoms with Crippen molar-refractivity contribution in [3.63, 3.8) is 0 Å². The van der Waals surface area contributed by atoms with E-state index in [4.69, 9.17) is 10.1 Å². The molecule has 6 heteroatoms. The number of hydrogen-bond donors (Lipinski definition) is 0. The zero-order chi connectivity index (χ0) is 24.1. The predicted octanol–water partition coefficient (Wildman–Crippen LogP) is 5.15. The van der Waals surface area contributed by atoms with Gasteiger partial charge in [-0.25, -0.2) is 9.50 Å². The number of carbonyl (C=O) groups excluding carboxylic acids is 1. The summed E-state index contributed by atoms with van der Waals surface area (Å²) in [5.41, 5.74) is 3.12. The molecule has 3 aromatic rings. The molecule has 34 heavy (non-hydrogen) atoms. The zero-order valence-electron chi connectivity index (χ0n) is 21.2. The lowest BCUT2D eigenvalue weighted by atomic mass is 9.79. The van der Waals surface area contributed by atoms with E-state index in [0.717, 1.165) is 61.8 Å². The molecule has 1 aromatic carbocycles. The Morgan fingerprint density at radius 2 is 1.82 bits per heavy atom. The highest BCUT2D eigenvalue weighted by atomic mass is 16.2. The van der Waals surface area contributed by atoms with Gasteiger partial charge in [0.25, 0.3) is 0 Å². The summed E-state index contributed by atoms with van der Waals surface area (Å²) in [4.78, 5) is 22.0. The second-order valence-electron chi connectivity index (χ2n) is 10.2. The van der Waals surface area contributed by atoms with Gasteiger partial charge in [-0.2, -0.15) is 5.10 Å². The fourth-order valence-corrected chi connectivity index (χ4v) is 5.04. The number of rotatable bonds is 5.